The fraction of sp³-hybridized carbons (Fsp3) is 0.333. The van der Waals surface area contributed by atoms with Crippen LogP contribution in [0.5, 0.6) is 11.8 Å². The van der Waals surface area contributed by atoms with Gasteiger partial charge in [0, 0.05) is 24.2 Å². The molecular weight excluding hydrogens is 352 g/mol. The quantitative estimate of drug-likeness (QED) is 0.703. The lowest BCUT2D eigenvalue weighted by atomic mass is 10.1. The summed E-state index contributed by atoms with van der Waals surface area (Å²) in [6.45, 7) is 1.26. The van der Waals surface area contributed by atoms with Crippen LogP contribution in [0.4, 0.5) is 0 Å². The number of thiazole rings is 1. The van der Waals surface area contributed by atoms with Crippen LogP contribution in [0.3, 0.4) is 0 Å². The van der Waals surface area contributed by atoms with Gasteiger partial charge >= 0.3 is 0 Å². The summed E-state index contributed by atoms with van der Waals surface area (Å²) in [5.41, 5.74) is 3.40. The highest BCUT2D eigenvalue weighted by Crippen LogP contribution is 2.22. The summed E-state index contributed by atoms with van der Waals surface area (Å²) in [5.74, 6) is 0.904. The molecule has 1 atom stereocenters. The molecule has 0 bridgehead atoms. The second kappa shape index (κ2) is 7.25. The lowest BCUT2D eigenvalue weighted by Gasteiger charge is -2.32. The number of rotatable bonds is 4. The predicted octanol–water partition coefficient (Wildman–Crippen LogP) is 2.78. The predicted molar refractivity (Wildman–Crippen MR) is 97.8 cm³/mol. The molecule has 3 heterocycles. The molecule has 134 valence electrons. The van der Waals surface area contributed by atoms with Crippen molar-refractivity contribution < 1.29 is 14.3 Å². The number of hydrogen-bond acceptors (Lipinski definition) is 7. The van der Waals surface area contributed by atoms with Gasteiger partial charge in [-0.3, -0.25) is 4.79 Å². The van der Waals surface area contributed by atoms with Gasteiger partial charge in [-0.15, -0.1) is 21.5 Å². The molecule has 1 fully saturated rings. The first kappa shape index (κ1) is 16.7. The third kappa shape index (κ3) is 3.45. The molecule has 3 aromatic rings. The van der Waals surface area contributed by atoms with Crippen LogP contribution in [0, 0.1) is 0 Å². The first-order chi connectivity index (χ1) is 12.7. The summed E-state index contributed by atoms with van der Waals surface area (Å²) in [6.07, 6.45) is 1.68. The van der Waals surface area contributed by atoms with Crippen LogP contribution in [0.2, 0.25) is 0 Å². The van der Waals surface area contributed by atoms with Crippen molar-refractivity contribution in [2.45, 2.75) is 18.9 Å². The van der Waals surface area contributed by atoms with Gasteiger partial charge in [0.2, 0.25) is 11.8 Å². The summed E-state index contributed by atoms with van der Waals surface area (Å²) in [6, 6.07) is 9.07. The summed E-state index contributed by atoms with van der Waals surface area (Å²) >= 11 is 1.54. The Bertz CT molecular complexity index is 912. The topological polar surface area (TPSA) is 77.4 Å². The van der Waals surface area contributed by atoms with Crippen molar-refractivity contribution in [2.24, 2.45) is 0 Å². The first-order valence-electron chi connectivity index (χ1n) is 8.40. The Morgan fingerprint density at radius 3 is 2.88 bits per heavy atom. The molecule has 2 aromatic heterocycles. The van der Waals surface area contributed by atoms with E-state index in [9.17, 15) is 4.79 Å². The molecule has 4 rings (SSSR count). The minimum absolute atomic E-state index is 0.0226. The number of amides is 1. The molecule has 0 N–H and O–H groups in total. The van der Waals surface area contributed by atoms with E-state index in [4.69, 9.17) is 9.47 Å². The van der Waals surface area contributed by atoms with Crippen molar-refractivity contribution in [3.05, 3.63) is 41.4 Å². The number of nitrogens with zero attached hydrogens (tertiary/aromatic N) is 4. The largest absolute Gasteiger partial charge is 0.480 e. The van der Waals surface area contributed by atoms with Gasteiger partial charge in [0.15, 0.2) is 0 Å². The van der Waals surface area contributed by atoms with Crippen molar-refractivity contribution in [1.82, 2.24) is 20.1 Å². The zero-order valence-corrected chi connectivity index (χ0v) is 15.1. The minimum Gasteiger partial charge on any atom is -0.480 e. The zero-order chi connectivity index (χ0) is 17.9. The van der Waals surface area contributed by atoms with Gasteiger partial charge in [-0.1, -0.05) is 0 Å². The smallest absolute Gasteiger partial charge is 0.254 e. The summed E-state index contributed by atoms with van der Waals surface area (Å²) in [7, 11) is 1.54. The number of methoxy groups -OCH3 is 1. The number of hydrogen-bond donors (Lipinski definition) is 0. The second-order valence-corrected chi connectivity index (χ2v) is 6.97. The standard InChI is InChI=1S/C18H18N4O3S/c1-24-16-6-7-17(21-20-16)25-13-3-2-8-22(10-13)18(23)12-4-5-14-15(9-12)26-11-19-14/h4-7,9,11,13H,2-3,8,10H2,1H3. The molecule has 1 amide bonds. The van der Waals surface area contributed by atoms with E-state index >= 15 is 0 Å². The Balaban J connectivity index is 1.44. The van der Waals surface area contributed by atoms with E-state index in [2.05, 4.69) is 15.2 Å². The summed E-state index contributed by atoms with van der Waals surface area (Å²) in [5, 5.41) is 7.90. The highest BCUT2D eigenvalue weighted by molar-refractivity contribution is 7.16. The Kier molecular flexibility index (Phi) is 4.66. The maximum Gasteiger partial charge on any atom is 0.254 e. The number of fused-ring (bicyclic) bond motifs is 1. The molecule has 0 aliphatic carbocycles. The molecule has 1 aliphatic rings. The average Bonchev–Trinajstić information content (AvgIpc) is 3.16. The molecule has 26 heavy (non-hydrogen) atoms. The normalized spacial score (nSPS) is 17.3. The molecule has 1 aliphatic heterocycles. The van der Waals surface area contributed by atoms with E-state index in [1.807, 2.05) is 23.1 Å². The summed E-state index contributed by atoms with van der Waals surface area (Å²) < 4.78 is 11.9. The van der Waals surface area contributed by atoms with Crippen molar-refractivity contribution >= 4 is 27.5 Å². The molecular formula is C18H18N4O3S. The lowest BCUT2D eigenvalue weighted by Crippen LogP contribution is -2.44. The number of aromatic nitrogens is 3. The molecule has 0 radical (unpaired) electrons. The van der Waals surface area contributed by atoms with Gasteiger partial charge in [0.25, 0.3) is 5.91 Å². The Morgan fingerprint density at radius 2 is 2.08 bits per heavy atom. The van der Waals surface area contributed by atoms with Crippen LogP contribution in [0.1, 0.15) is 23.2 Å². The SMILES string of the molecule is COc1ccc(OC2CCCN(C(=O)c3ccc4ncsc4c3)C2)nn1. The van der Waals surface area contributed by atoms with Gasteiger partial charge < -0.3 is 14.4 Å². The Morgan fingerprint density at radius 1 is 1.23 bits per heavy atom. The van der Waals surface area contributed by atoms with Gasteiger partial charge in [-0.2, -0.15) is 0 Å². The van der Waals surface area contributed by atoms with Crippen LogP contribution in [-0.2, 0) is 0 Å². The lowest BCUT2D eigenvalue weighted by molar-refractivity contribution is 0.0525. The molecule has 8 heteroatoms. The number of likely N-dealkylation sites (tertiary alicyclic amines) is 1. The van der Waals surface area contributed by atoms with Crippen molar-refractivity contribution in [2.75, 3.05) is 20.2 Å². The molecule has 1 unspecified atom stereocenters. The summed E-state index contributed by atoms with van der Waals surface area (Å²) in [4.78, 5) is 19.0. The number of piperidine rings is 1. The molecule has 7 nitrogen and oxygen atoms in total. The maximum absolute atomic E-state index is 12.9. The zero-order valence-electron chi connectivity index (χ0n) is 14.3. The number of carbonyl (C=O) groups is 1. The van der Waals surface area contributed by atoms with E-state index in [-0.39, 0.29) is 12.0 Å². The van der Waals surface area contributed by atoms with E-state index in [1.54, 1.807) is 24.8 Å². The van der Waals surface area contributed by atoms with Crippen LogP contribution in [0.15, 0.2) is 35.8 Å². The van der Waals surface area contributed by atoms with Gasteiger partial charge in [0.1, 0.15) is 6.10 Å². The third-order valence-corrected chi connectivity index (χ3v) is 5.15. The van der Waals surface area contributed by atoms with Crippen LogP contribution >= 0.6 is 11.3 Å². The minimum atomic E-state index is -0.0949. The number of carbonyl (C=O) groups excluding carboxylic acids is 1. The van der Waals surface area contributed by atoms with Gasteiger partial charge in [-0.05, 0) is 31.0 Å². The monoisotopic (exact) mass is 370 g/mol. The maximum atomic E-state index is 12.9. The molecule has 1 saturated heterocycles. The Hall–Kier alpha value is -2.74. The van der Waals surface area contributed by atoms with E-state index < -0.39 is 0 Å². The number of ether oxygens (including phenoxy) is 2. The fourth-order valence-electron chi connectivity index (χ4n) is 3.04. The van der Waals surface area contributed by atoms with Crippen LogP contribution in [0.25, 0.3) is 10.2 Å². The van der Waals surface area contributed by atoms with Gasteiger partial charge in [0.05, 0.1) is 29.4 Å². The van der Waals surface area contributed by atoms with E-state index in [0.717, 1.165) is 29.6 Å². The molecule has 0 spiro atoms. The second-order valence-electron chi connectivity index (χ2n) is 6.08. The average molecular weight is 370 g/mol. The third-order valence-electron chi connectivity index (χ3n) is 4.36. The van der Waals surface area contributed by atoms with Crippen molar-refractivity contribution in [1.29, 1.82) is 0 Å². The number of benzene rings is 1. The fourth-order valence-corrected chi connectivity index (χ4v) is 3.76. The highest BCUT2D eigenvalue weighted by Gasteiger charge is 2.26. The van der Waals surface area contributed by atoms with Crippen LogP contribution < -0.4 is 9.47 Å². The first-order valence-corrected chi connectivity index (χ1v) is 9.28. The van der Waals surface area contributed by atoms with Gasteiger partial charge in [-0.25, -0.2) is 4.98 Å². The van der Waals surface area contributed by atoms with E-state index in [0.29, 0.717) is 23.9 Å². The highest BCUT2D eigenvalue weighted by atomic mass is 32.1. The van der Waals surface area contributed by atoms with E-state index in [1.165, 1.54) is 11.3 Å². The molecule has 1 aromatic carbocycles. The van der Waals surface area contributed by atoms with Crippen LogP contribution in [-0.4, -0.2) is 52.3 Å². The molecule has 0 saturated carbocycles. The Labute approximate surface area is 154 Å². The van der Waals surface area contributed by atoms with Crippen molar-refractivity contribution in [3.8, 4) is 11.8 Å². The van der Waals surface area contributed by atoms with Crippen molar-refractivity contribution in [3.63, 3.8) is 0 Å².